The Bertz CT molecular complexity index is 958. The van der Waals surface area contributed by atoms with Crippen LogP contribution in [0, 0.1) is 0 Å². The molecule has 1 fully saturated rings. The number of hydrogen-bond acceptors (Lipinski definition) is 3. The Kier molecular flexibility index (Phi) is 4.69. The highest BCUT2D eigenvalue weighted by molar-refractivity contribution is 6.30. The second-order valence-electron chi connectivity index (χ2n) is 6.48. The molecule has 0 bridgehead atoms. The maximum absolute atomic E-state index is 12.4. The maximum Gasteiger partial charge on any atom is 0.319 e. The zero-order chi connectivity index (χ0) is 18.7. The molecule has 1 saturated carbocycles. The first-order valence-electron chi connectivity index (χ1n) is 8.66. The van der Waals surface area contributed by atoms with Gasteiger partial charge < -0.3 is 15.4 Å². The molecule has 0 saturated heterocycles. The first-order chi connectivity index (χ1) is 13.1. The van der Waals surface area contributed by atoms with Gasteiger partial charge in [0.25, 0.3) is 0 Å². The third-order valence-electron chi connectivity index (χ3n) is 4.46. The number of aromatic nitrogens is 1. The molecule has 2 N–H and O–H groups in total. The van der Waals surface area contributed by atoms with Crippen LogP contribution in [0.2, 0.25) is 5.02 Å². The highest BCUT2D eigenvalue weighted by atomic mass is 35.5. The smallest absolute Gasteiger partial charge is 0.319 e. The fraction of sp³-hybridized carbons (Fsp3) is 0.143. The lowest BCUT2D eigenvalue weighted by Crippen LogP contribution is -2.38. The molecule has 4 rings (SSSR count). The topological polar surface area (TPSA) is 63.2 Å². The van der Waals surface area contributed by atoms with E-state index >= 15 is 0 Å². The molecule has 5 nitrogen and oxygen atoms in total. The lowest BCUT2D eigenvalue weighted by Gasteiger charge is -2.19. The number of nitrogens with zero attached hydrogens (tertiary/aromatic N) is 1. The molecule has 0 atom stereocenters. The van der Waals surface area contributed by atoms with E-state index in [1.54, 1.807) is 48.8 Å². The molecule has 6 heteroatoms. The van der Waals surface area contributed by atoms with Crippen molar-refractivity contribution >= 4 is 23.3 Å². The van der Waals surface area contributed by atoms with Crippen molar-refractivity contribution in [3.63, 3.8) is 0 Å². The quantitative estimate of drug-likeness (QED) is 0.629. The largest absolute Gasteiger partial charge is 0.457 e. The number of nitrogens with one attached hydrogen (secondary N) is 2. The Morgan fingerprint density at radius 1 is 1.00 bits per heavy atom. The number of carbonyl (C=O) groups is 1. The van der Waals surface area contributed by atoms with Crippen molar-refractivity contribution in [3.8, 4) is 11.5 Å². The SMILES string of the molecule is O=C(Nc1cccc(Cl)c1)NC1(c2cccc(Oc3ccncc3)c2)CC1. The van der Waals surface area contributed by atoms with E-state index in [9.17, 15) is 4.79 Å². The third-order valence-corrected chi connectivity index (χ3v) is 4.69. The highest BCUT2D eigenvalue weighted by Gasteiger charge is 2.46. The molecule has 1 heterocycles. The van der Waals surface area contributed by atoms with Gasteiger partial charge in [0, 0.05) is 23.1 Å². The van der Waals surface area contributed by atoms with Crippen LogP contribution in [0.1, 0.15) is 18.4 Å². The summed E-state index contributed by atoms with van der Waals surface area (Å²) < 4.78 is 5.87. The molecule has 27 heavy (non-hydrogen) atoms. The van der Waals surface area contributed by atoms with Gasteiger partial charge in [0.1, 0.15) is 11.5 Å². The first-order valence-corrected chi connectivity index (χ1v) is 9.04. The number of amides is 2. The Balaban J connectivity index is 1.46. The van der Waals surface area contributed by atoms with Crippen LogP contribution in [-0.4, -0.2) is 11.0 Å². The zero-order valence-electron chi connectivity index (χ0n) is 14.5. The van der Waals surface area contributed by atoms with E-state index in [-0.39, 0.29) is 11.6 Å². The van der Waals surface area contributed by atoms with Crippen LogP contribution in [0.15, 0.2) is 73.1 Å². The Labute approximate surface area is 162 Å². The van der Waals surface area contributed by atoms with Gasteiger partial charge in [-0.25, -0.2) is 4.79 Å². The number of pyridine rings is 1. The van der Waals surface area contributed by atoms with Gasteiger partial charge >= 0.3 is 6.03 Å². The summed E-state index contributed by atoms with van der Waals surface area (Å²) in [7, 11) is 0. The summed E-state index contributed by atoms with van der Waals surface area (Å²) in [5, 5.41) is 6.49. The van der Waals surface area contributed by atoms with Gasteiger partial charge in [-0.2, -0.15) is 0 Å². The number of halogens is 1. The molecule has 3 aromatic rings. The van der Waals surface area contributed by atoms with Crippen LogP contribution in [0.3, 0.4) is 0 Å². The van der Waals surface area contributed by atoms with E-state index in [1.807, 2.05) is 24.3 Å². The zero-order valence-corrected chi connectivity index (χ0v) is 15.2. The second-order valence-corrected chi connectivity index (χ2v) is 6.92. The third kappa shape index (κ3) is 4.20. The number of benzene rings is 2. The number of hydrogen-bond donors (Lipinski definition) is 2. The van der Waals surface area contributed by atoms with Crippen molar-refractivity contribution in [1.82, 2.24) is 10.3 Å². The average Bonchev–Trinajstić information content (AvgIpc) is 3.43. The minimum Gasteiger partial charge on any atom is -0.457 e. The van der Waals surface area contributed by atoms with E-state index in [0.29, 0.717) is 10.7 Å². The van der Waals surface area contributed by atoms with E-state index in [1.165, 1.54) is 0 Å². The minimum absolute atomic E-state index is 0.254. The molecule has 0 aliphatic heterocycles. The number of rotatable bonds is 5. The van der Waals surface area contributed by atoms with Crippen molar-refractivity contribution in [2.24, 2.45) is 0 Å². The standard InChI is InChI=1S/C21H18ClN3O2/c22-16-4-2-5-17(14-16)24-20(26)25-21(9-10-21)15-3-1-6-19(13-15)27-18-7-11-23-12-8-18/h1-8,11-14H,9-10H2,(H2,24,25,26). The summed E-state index contributed by atoms with van der Waals surface area (Å²) in [6.45, 7) is 0. The molecule has 0 radical (unpaired) electrons. The predicted octanol–water partition coefficient (Wildman–Crippen LogP) is 5.34. The lowest BCUT2D eigenvalue weighted by molar-refractivity contribution is 0.247. The summed E-state index contributed by atoms with van der Waals surface area (Å²) in [6.07, 6.45) is 5.13. The molecule has 1 aliphatic carbocycles. The molecule has 2 aromatic carbocycles. The van der Waals surface area contributed by atoms with Crippen LogP contribution < -0.4 is 15.4 Å². The molecule has 1 aromatic heterocycles. The van der Waals surface area contributed by atoms with Crippen molar-refractivity contribution in [2.75, 3.05) is 5.32 Å². The van der Waals surface area contributed by atoms with Crippen molar-refractivity contribution in [1.29, 1.82) is 0 Å². The second kappa shape index (κ2) is 7.29. The molecule has 2 amide bonds. The van der Waals surface area contributed by atoms with Crippen LogP contribution in [-0.2, 0) is 5.54 Å². The number of anilines is 1. The van der Waals surface area contributed by atoms with Gasteiger partial charge in [-0.3, -0.25) is 4.98 Å². The number of ether oxygens (including phenoxy) is 1. The monoisotopic (exact) mass is 379 g/mol. The van der Waals surface area contributed by atoms with Gasteiger partial charge in [-0.15, -0.1) is 0 Å². The lowest BCUT2D eigenvalue weighted by atomic mass is 10.0. The Morgan fingerprint density at radius 3 is 2.52 bits per heavy atom. The predicted molar refractivity (Wildman–Crippen MR) is 105 cm³/mol. The number of urea groups is 1. The Hall–Kier alpha value is -3.05. The fourth-order valence-corrected chi connectivity index (χ4v) is 3.15. The minimum atomic E-state index is -0.361. The first kappa shape index (κ1) is 17.4. The number of carbonyl (C=O) groups excluding carboxylic acids is 1. The summed E-state index contributed by atoms with van der Waals surface area (Å²) in [5.74, 6) is 1.45. The van der Waals surface area contributed by atoms with Crippen LogP contribution in [0.5, 0.6) is 11.5 Å². The molecule has 1 aliphatic rings. The van der Waals surface area contributed by atoms with E-state index < -0.39 is 0 Å². The van der Waals surface area contributed by atoms with Crippen molar-refractivity contribution < 1.29 is 9.53 Å². The molecule has 0 spiro atoms. The summed E-state index contributed by atoms with van der Waals surface area (Å²) in [6, 6.07) is 18.2. The van der Waals surface area contributed by atoms with Crippen LogP contribution in [0.4, 0.5) is 10.5 Å². The summed E-state index contributed by atoms with van der Waals surface area (Å²) in [4.78, 5) is 16.4. The van der Waals surface area contributed by atoms with E-state index in [2.05, 4.69) is 15.6 Å². The Morgan fingerprint density at radius 2 is 1.78 bits per heavy atom. The average molecular weight is 380 g/mol. The van der Waals surface area contributed by atoms with Gasteiger partial charge in [0.2, 0.25) is 0 Å². The summed E-state index contributed by atoms with van der Waals surface area (Å²) in [5.41, 5.74) is 1.32. The summed E-state index contributed by atoms with van der Waals surface area (Å²) >= 11 is 5.96. The van der Waals surface area contributed by atoms with Crippen LogP contribution in [0.25, 0.3) is 0 Å². The highest BCUT2D eigenvalue weighted by Crippen LogP contribution is 2.46. The molecule has 0 unspecified atom stereocenters. The molecular weight excluding hydrogens is 362 g/mol. The van der Waals surface area contributed by atoms with Gasteiger partial charge in [0.05, 0.1) is 5.54 Å². The van der Waals surface area contributed by atoms with Crippen LogP contribution >= 0.6 is 11.6 Å². The van der Waals surface area contributed by atoms with Gasteiger partial charge in [0.15, 0.2) is 0 Å². The van der Waals surface area contributed by atoms with Gasteiger partial charge in [-0.05, 0) is 60.9 Å². The normalized spacial score (nSPS) is 14.3. The van der Waals surface area contributed by atoms with Gasteiger partial charge in [-0.1, -0.05) is 29.8 Å². The molecular formula is C21H18ClN3O2. The van der Waals surface area contributed by atoms with E-state index in [4.69, 9.17) is 16.3 Å². The molecule has 136 valence electrons. The maximum atomic E-state index is 12.4. The van der Waals surface area contributed by atoms with Crippen molar-refractivity contribution in [3.05, 3.63) is 83.6 Å². The fourth-order valence-electron chi connectivity index (χ4n) is 2.96. The van der Waals surface area contributed by atoms with Crippen molar-refractivity contribution in [2.45, 2.75) is 18.4 Å². The van der Waals surface area contributed by atoms with E-state index in [0.717, 1.165) is 29.9 Å².